The molecule has 1 aromatic heterocycles. The van der Waals surface area contributed by atoms with Crippen LogP contribution >= 0.6 is 0 Å². The quantitative estimate of drug-likeness (QED) is 0.0932. The molecule has 1 heteroatoms. The molecule has 0 spiro atoms. The third-order valence-corrected chi connectivity index (χ3v) is 7.55. The molecule has 0 bridgehead atoms. The van der Waals surface area contributed by atoms with Crippen molar-refractivity contribution in [1.82, 2.24) is 0 Å². The molecular formula is C33H62N+. The van der Waals surface area contributed by atoms with E-state index in [1.54, 1.807) is 0 Å². The largest absolute Gasteiger partial charge is 0.205 e. The van der Waals surface area contributed by atoms with Crippen molar-refractivity contribution >= 4 is 0 Å². The molecule has 1 heterocycles. The molecule has 0 aliphatic carbocycles. The molecule has 0 atom stereocenters. The van der Waals surface area contributed by atoms with Crippen LogP contribution in [0.25, 0.3) is 0 Å². The summed E-state index contributed by atoms with van der Waals surface area (Å²) < 4.78 is 2.39. The van der Waals surface area contributed by atoms with E-state index in [1.165, 1.54) is 173 Å². The molecule has 0 aliphatic rings. The van der Waals surface area contributed by atoms with E-state index in [1.807, 2.05) is 0 Å². The second kappa shape index (κ2) is 25.2. The molecule has 34 heavy (non-hydrogen) atoms. The number of aromatic nitrogens is 1. The van der Waals surface area contributed by atoms with Gasteiger partial charge in [-0.2, -0.15) is 0 Å². The van der Waals surface area contributed by atoms with Crippen LogP contribution in [0.2, 0.25) is 0 Å². The van der Waals surface area contributed by atoms with E-state index >= 15 is 0 Å². The Morgan fingerprint density at radius 2 is 0.735 bits per heavy atom. The summed E-state index contributed by atoms with van der Waals surface area (Å²) in [6.07, 6.45) is 40.2. The van der Waals surface area contributed by atoms with Crippen molar-refractivity contribution in [2.24, 2.45) is 0 Å². The summed E-state index contributed by atoms with van der Waals surface area (Å²) in [6.45, 7) is 5.79. The summed E-state index contributed by atoms with van der Waals surface area (Å²) in [6, 6.07) is 4.72. The van der Waals surface area contributed by atoms with Gasteiger partial charge < -0.3 is 0 Å². The SMILES string of the molecule is CCCCCCCCCCCCCCCc1cc[n+](CCCCCCCCCCCCC)cc1. The van der Waals surface area contributed by atoms with E-state index in [-0.39, 0.29) is 0 Å². The van der Waals surface area contributed by atoms with Crippen molar-refractivity contribution in [3.05, 3.63) is 30.1 Å². The smallest absolute Gasteiger partial charge is 0.169 e. The molecule has 0 unspecified atom stereocenters. The summed E-state index contributed by atoms with van der Waals surface area (Å²) in [5.74, 6) is 0. The van der Waals surface area contributed by atoms with Crippen LogP contribution in [0.3, 0.4) is 0 Å². The predicted octanol–water partition coefficient (Wildman–Crippen LogP) is 10.9. The Morgan fingerprint density at radius 1 is 0.412 bits per heavy atom. The van der Waals surface area contributed by atoms with E-state index in [9.17, 15) is 0 Å². The lowest BCUT2D eigenvalue weighted by atomic mass is 10.0. The highest BCUT2D eigenvalue weighted by atomic mass is 14.9. The van der Waals surface area contributed by atoms with Crippen LogP contribution in [0.1, 0.15) is 174 Å². The zero-order valence-corrected chi connectivity index (χ0v) is 23.6. The molecule has 1 nitrogen and oxygen atoms in total. The van der Waals surface area contributed by atoms with Crippen LogP contribution in [0.15, 0.2) is 24.5 Å². The number of hydrogen-bond acceptors (Lipinski definition) is 0. The molecule has 0 aromatic carbocycles. The number of hydrogen-bond donors (Lipinski definition) is 0. The fraction of sp³-hybridized carbons (Fsp3) is 0.848. The van der Waals surface area contributed by atoms with E-state index in [0.717, 1.165) is 0 Å². The minimum absolute atomic E-state index is 1.19. The Bertz CT molecular complexity index is 506. The monoisotopic (exact) mass is 472 g/mol. The summed E-state index contributed by atoms with van der Waals surface area (Å²) in [5.41, 5.74) is 1.53. The maximum Gasteiger partial charge on any atom is 0.169 e. The maximum atomic E-state index is 2.39. The van der Waals surface area contributed by atoms with Crippen molar-refractivity contribution in [2.75, 3.05) is 0 Å². The molecule has 198 valence electrons. The van der Waals surface area contributed by atoms with Crippen molar-refractivity contribution in [2.45, 2.75) is 181 Å². The lowest BCUT2D eigenvalue weighted by molar-refractivity contribution is -0.697. The maximum absolute atomic E-state index is 2.39. The van der Waals surface area contributed by atoms with E-state index < -0.39 is 0 Å². The first-order chi connectivity index (χ1) is 16.9. The Labute approximate surface area is 215 Å². The Kier molecular flexibility index (Phi) is 23.2. The van der Waals surface area contributed by atoms with Crippen molar-refractivity contribution < 1.29 is 4.57 Å². The summed E-state index contributed by atoms with van der Waals surface area (Å²) in [4.78, 5) is 0. The van der Waals surface area contributed by atoms with Gasteiger partial charge in [0.1, 0.15) is 6.54 Å². The molecule has 0 N–H and O–H groups in total. The third kappa shape index (κ3) is 20.5. The van der Waals surface area contributed by atoms with E-state index in [0.29, 0.717) is 0 Å². The van der Waals surface area contributed by atoms with Gasteiger partial charge in [0.2, 0.25) is 0 Å². The molecule has 1 rings (SSSR count). The van der Waals surface area contributed by atoms with Crippen LogP contribution in [-0.4, -0.2) is 0 Å². The fourth-order valence-corrected chi connectivity index (χ4v) is 5.11. The number of aryl methyl sites for hydroxylation is 2. The van der Waals surface area contributed by atoms with Gasteiger partial charge in [-0.15, -0.1) is 0 Å². The van der Waals surface area contributed by atoms with Crippen LogP contribution in [-0.2, 0) is 13.0 Å². The van der Waals surface area contributed by atoms with Crippen molar-refractivity contribution in [3.8, 4) is 0 Å². The second-order valence-corrected chi connectivity index (χ2v) is 11.0. The number of rotatable bonds is 26. The highest BCUT2D eigenvalue weighted by Gasteiger charge is 2.02. The minimum atomic E-state index is 1.19. The average Bonchev–Trinajstić information content (AvgIpc) is 2.86. The molecular weight excluding hydrogens is 410 g/mol. The average molecular weight is 473 g/mol. The first-order valence-corrected chi connectivity index (χ1v) is 15.8. The standard InChI is InChI=1S/C33H62N/c1-3-5-7-9-11-13-15-16-17-19-21-23-25-27-33-28-31-34(32-29-33)30-26-24-22-20-18-14-12-10-8-6-4-2/h28-29,31-32H,3-27,30H2,1-2H3/q+1. The van der Waals surface area contributed by atoms with Crippen LogP contribution in [0.5, 0.6) is 0 Å². The lowest BCUT2D eigenvalue weighted by Crippen LogP contribution is -2.32. The molecule has 0 aliphatic heterocycles. The van der Waals surface area contributed by atoms with Crippen LogP contribution < -0.4 is 4.57 Å². The van der Waals surface area contributed by atoms with Gasteiger partial charge >= 0.3 is 0 Å². The fourth-order valence-electron chi connectivity index (χ4n) is 5.11. The molecule has 0 saturated heterocycles. The minimum Gasteiger partial charge on any atom is -0.205 e. The first kappa shape index (κ1) is 31.2. The Hall–Kier alpha value is -0.850. The van der Waals surface area contributed by atoms with Crippen molar-refractivity contribution in [1.29, 1.82) is 0 Å². The molecule has 1 aromatic rings. The van der Waals surface area contributed by atoms with Crippen LogP contribution in [0.4, 0.5) is 0 Å². The van der Waals surface area contributed by atoms with Crippen LogP contribution in [0, 0.1) is 0 Å². The summed E-state index contributed by atoms with van der Waals surface area (Å²) in [7, 11) is 0. The van der Waals surface area contributed by atoms with Gasteiger partial charge in [-0.05, 0) is 24.8 Å². The highest BCUT2D eigenvalue weighted by Crippen LogP contribution is 2.14. The van der Waals surface area contributed by atoms with Crippen molar-refractivity contribution in [3.63, 3.8) is 0 Å². The normalized spacial score (nSPS) is 11.4. The predicted molar refractivity (Wildman–Crippen MR) is 152 cm³/mol. The van der Waals surface area contributed by atoms with Gasteiger partial charge in [-0.1, -0.05) is 149 Å². The molecule has 0 amide bonds. The number of unbranched alkanes of at least 4 members (excludes halogenated alkanes) is 22. The van der Waals surface area contributed by atoms with Gasteiger partial charge in [-0.25, -0.2) is 4.57 Å². The zero-order valence-electron chi connectivity index (χ0n) is 23.6. The van der Waals surface area contributed by atoms with E-state index in [2.05, 4.69) is 42.9 Å². The van der Waals surface area contributed by atoms with Gasteiger partial charge in [0.15, 0.2) is 12.4 Å². The lowest BCUT2D eigenvalue weighted by Gasteiger charge is -2.04. The molecule has 0 fully saturated rings. The van der Waals surface area contributed by atoms with Gasteiger partial charge in [0.25, 0.3) is 0 Å². The molecule has 0 radical (unpaired) electrons. The second-order valence-electron chi connectivity index (χ2n) is 11.0. The zero-order chi connectivity index (χ0) is 24.4. The summed E-state index contributed by atoms with van der Waals surface area (Å²) in [5, 5.41) is 0. The first-order valence-electron chi connectivity index (χ1n) is 15.8. The molecule has 0 saturated carbocycles. The Balaban J connectivity index is 1.87. The van der Waals surface area contributed by atoms with Gasteiger partial charge in [0.05, 0.1) is 0 Å². The topological polar surface area (TPSA) is 3.88 Å². The van der Waals surface area contributed by atoms with Gasteiger partial charge in [0, 0.05) is 18.6 Å². The highest BCUT2D eigenvalue weighted by molar-refractivity contribution is 5.07. The van der Waals surface area contributed by atoms with Gasteiger partial charge in [-0.3, -0.25) is 0 Å². The Morgan fingerprint density at radius 3 is 1.12 bits per heavy atom. The van der Waals surface area contributed by atoms with E-state index in [4.69, 9.17) is 0 Å². The number of nitrogens with zero attached hydrogens (tertiary/aromatic N) is 1. The number of pyridine rings is 1. The summed E-state index contributed by atoms with van der Waals surface area (Å²) >= 11 is 0. The third-order valence-electron chi connectivity index (χ3n) is 7.55.